The van der Waals surface area contributed by atoms with Crippen molar-refractivity contribution in [1.29, 1.82) is 0 Å². The first-order valence-corrected chi connectivity index (χ1v) is 8.36. The fourth-order valence-corrected chi connectivity index (χ4v) is 3.06. The molecule has 20 heavy (non-hydrogen) atoms. The zero-order chi connectivity index (χ0) is 14.5. The van der Waals surface area contributed by atoms with Gasteiger partial charge in [0.1, 0.15) is 0 Å². The molecule has 0 radical (unpaired) electrons. The summed E-state index contributed by atoms with van der Waals surface area (Å²) in [6.07, 6.45) is 3.16. The highest BCUT2D eigenvalue weighted by Gasteiger charge is 2.07. The first-order chi connectivity index (χ1) is 9.61. The van der Waals surface area contributed by atoms with E-state index in [9.17, 15) is 0 Å². The van der Waals surface area contributed by atoms with E-state index in [0.717, 1.165) is 23.3 Å². The number of fused-ring (bicyclic) bond motifs is 1. The lowest BCUT2D eigenvalue weighted by Crippen LogP contribution is -2.26. The lowest BCUT2D eigenvalue weighted by atomic mass is 10.2. The third-order valence-electron chi connectivity index (χ3n) is 3.47. The van der Waals surface area contributed by atoms with Crippen LogP contribution in [0.4, 0.5) is 0 Å². The van der Waals surface area contributed by atoms with E-state index in [1.807, 2.05) is 36.6 Å². The van der Waals surface area contributed by atoms with E-state index in [0.29, 0.717) is 6.04 Å². The van der Waals surface area contributed by atoms with Crippen LogP contribution >= 0.6 is 11.8 Å². The molecule has 0 aliphatic heterocycles. The highest BCUT2D eigenvalue weighted by atomic mass is 32.2. The second-order valence-electron chi connectivity index (χ2n) is 5.19. The fourth-order valence-electron chi connectivity index (χ4n) is 2.25. The molecule has 0 aromatic carbocycles. The summed E-state index contributed by atoms with van der Waals surface area (Å²) in [6, 6.07) is 2.74. The molecule has 0 aliphatic carbocycles. The van der Waals surface area contributed by atoms with E-state index in [1.165, 1.54) is 23.5 Å². The molecule has 4 nitrogen and oxygen atoms in total. The van der Waals surface area contributed by atoms with Crippen LogP contribution in [0.5, 0.6) is 0 Å². The molecular formula is C15H24N4S. The predicted octanol–water partition coefficient (Wildman–Crippen LogP) is 2.90. The fraction of sp³-hybridized carbons (Fsp3) is 0.600. The molecule has 0 saturated heterocycles. The van der Waals surface area contributed by atoms with Crippen molar-refractivity contribution in [3.8, 4) is 0 Å². The van der Waals surface area contributed by atoms with Gasteiger partial charge in [0.15, 0.2) is 5.65 Å². The van der Waals surface area contributed by atoms with Crippen molar-refractivity contribution in [2.45, 2.75) is 39.8 Å². The third-order valence-corrected chi connectivity index (χ3v) is 4.41. The summed E-state index contributed by atoms with van der Waals surface area (Å²) in [5.74, 6) is 2.43. The molecule has 110 valence electrons. The van der Waals surface area contributed by atoms with Crippen molar-refractivity contribution in [3.05, 3.63) is 23.5 Å². The SMILES string of the molecule is CCSCCC(C)NCc1cnc2c(c1)c(C)nn2C. The molecule has 0 spiro atoms. The average Bonchev–Trinajstić information content (AvgIpc) is 2.72. The van der Waals surface area contributed by atoms with Gasteiger partial charge in [0.25, 0.3) is 0 Å². The van der Waals surface area contributed by atoms with Gasteiger partial charge < -0.3 is 5.32 Å². The zero-order valence-corrected chi connectivity index (χ0v) is 13.6. The smallest absolute Gasteiger partial charge is 0.157 e. The molecule has 1 unspecified atom stereocenters. The predicted molar refractivity (Wildman–Crippen MR) is 87.2 cm³/mol. The van der Waals surface area contributed by atoms with Crippen LogP contribution in [-0.2, 0) is 13.6 Å². The van der Waals surface area contributed by atoms with Crippen LogP contribution < -0.4 is 5.32 Å². The van der Waals surface area contributed by atoms with Crippen LogP contribution in [0.15, 0.2) is 12.3 Å². The van der Waals surface area contributed by atoms with Crippen LogP contribution in [0.2, 0.25) is 0 Å². The molecule has 2 aromatic heterocycles. The van der Waals surface area contributed by atoms with E-state index in [-0.39, 0.29) is 0 Å². The summed E-state index contributed by atoms with van der Waals surface area (Å²) >= 11 is 2.00. The van der Waals surface area contributed by atoms with Crippen LogP contribution in [0.25, 0.3) is 11.0 Å². The number of rotatable bonds is 7. The Kier molecular flexibility index (Phi) is 5.43. The molecule has 0 fully saturated rings. The monoisotopic (exact) mass is 292 g/mol. The van der Waals surface area contributed by atoms with Gasteiger partial charge in [-0.3, -0.25) is 4.68 Å². The highest BCUT2D eigenvalue weighted by molar-refractivity contribution is 7.99. The van der Waals surface area contributed by atoms with Gasteiger partial charge in [-0.2, -0.15) is 16.9 Å². The normalized spacial score (nSPS) is 13.0. The number of nitrogens with one attached hydrogen (secondary N) is 1. The van der Waals surface area contributed by atoms with Crippen molar-refractivity contribution in [1.82, 2.24) is 20.1 Å². The summed E-state index contributed by atoms with van der Waals surface area (Å²) < 4.78 is 1.84. The van der Waals surface area contributed by atoms with Gasteiger partial charge >= 0.3 is 0 Å². The maximum Gasteiger partial charge on any atom is 0.157 e. The van der Waals surface area contributed by atoms with Gasteiger partial charge in [-0.05, 0) is 43.4 Å². The maximum absolute atomic E-state index is 4.51. The molecular weight excluding hydrogens is 268 g/mol. The number of nitrogens with zero attached hydrogens (tertiary/aromatic N) is 3. The van der Waals surface area contributed by atoms with Crippen molar-refractivity contribution in [2.75, 3.05) is 11.5 Å². The molecule has 2 heterocycles. The number of aromatic nitrogens is 3. The van der Waals surface area contributed by atoms with Gasteiger partial charge in [-0.15, -0.1) is 0 Å². The van der Waals surface area contributed by atoms with Gasteiger partial charge in [-0.25, -0.2) is 4.98 Å². The highest BCUT2D eigenvalue weighted by Crippen LogP contribution is 2.16. The first-order valence-electron chi connectivity index (χ1n) is 7.21. The largest absolute Gasteiger partial charge is 0.310 e. The Balaban J connectivity index is 1.95. The Morgan fingerprint density at radius 1 is 1.45 bits per heavy atom. The molecule has 5 heteroatoms. The third kappa shape index (κ3) is 3.73. The standard InChI is InChI=1S/C15H24N4S/c1-5-20-7-6-11(2)16-9-13-8-14-12(3)18-19(4)15(14)17-10-13/h8,10-11,16H,5-7,9H2,1-4H3. The summed E-state index contributed by atoms with van der Waals surface area (Å²) in [4.78, 5) is 4.51. The number of hydrogen-bond acceptors (Lipinski definition) is 4. The van der Waals surface area contributed by atoms with E-state index in [1.54, 1.807) is 0 Å². The van der Waals surface area contributed by atoms with Gasteiger partial charge in [0, 0.05) is 31.2 Å². The Labute approximate surface area is 125 Å². The number of aryl methyl sites for hydroxylation is 2. The number of pyridine rings is 1. The molecule has 0 aliphatic rings. The van der Waals surface area contributed by atoms with Crippen LogP contribution in [0, 0.1) is 6.92 Å². The van der Waals surface area contributed by atoms with E-state index >= 15 is 0 Å². The summed E-state index contributed by atoms with van der Waals surface area (Å²) in [5, 5.41) is 9.13. The van der Waals surface area contributed by atoms with Crippen LogP contribution in [0.3, 0.4) is 0 Å². The van der Waals surface area contributed by atoms with Gasteiger partial charge in [-0.1, -0.05) is 6.92 Å². The first kappa shape index (κ1) is 15.3. The average molecular weight is 292 g/mol. The molecule has 1 N–H and O–H groups in total. The molecule has 2 aromatic rings. The summed E-state index contributed by atoms with van der Waals surface area (Å²) in [7, 11) is 1.94. The minimum absolute atomic E-state index is 0.541. The topological polar surface area (TPSA) is 42.7 Å². The Hall–Kier alpha value is -1.07. The van der Waals surface area contributed by atoms with Crippen LogP contribution in [-0.4, -0.2) is 32.3 Å². The quantitative estimate of drug-likeness (QED) is 0.797. The minimum atomic E-state index is 0.541. The number of hydrogen-bond donors (Lipinski definition) is 1. The van der Waals surface area contributed by atoms with Crippen molar-refractivity contribution < 1.29 is 0 Å². The maximum atomic E-state index is 4.51. The lowest BCUT2D eigenvalue weighted by Gasteiger charge is -2.13. The molecule has 0 saturated carbocycles. The Bertz CT molecular complexity index is 564. The van der Waals surface area contributed by atoms with Crippen molar-refractivity contribution in [3.63, 3.8) is 0 Å². The Morgan fingerprint density at radius 3 is 3.00 bits per heavy atom. The molecule has 2 rings (SSSR count). The van der Waals surface area contributed by atoms with Crippen molar-refractivity contribution in [2.24, 2.45) is 7.05 Å². The zero-order valence-electron chi connectivity index (χ0n) is 12.8. The van der Waals surface area contributed by atoms with E-state index in [2.05, 4.69) is 35.3 Å². The summed E-state index contributed by atoms with van der Waals surface area (Å²) in [5.41, 5.74) is 3.23. The summed E-state index contributed by atoms with van der Waals surface area (Å²) in [6.45, 7) is 7.36. The van der Waals surface area contributed by atoms with Gasteiger partial charge in [0.2, 0.25) is 0 Å². The lowest BCUT2D eigenvalue weighted by molar-refractivity contribution is 0.537. The van der Waals surface area contributed by atoms with E-state index in [4.69, 9.17) is 0 Å². The second-order valence-corrected chi connectivity index (χ2v) is 6.59. The second kappa shape index (κ2) is 7.09. The Morgan fingerprint density at radius 2 is 2.25 bits per heavy atom. The van der Waals surface area contributed by atoms with Crippen LogP contribution in [0.1, 0.15) is 31.5 Å². The molecule has 1 atom stereocenters. The minimum Gasteiger partial charge on any atom is -0.310 e. The number of thioether (sulfide) groups is 1. The van der Waals surface area contributed by atoms with E-state index < -0.39 is 0 Å². The van der Waals surface area contributed by atoms with Gasteiger partial charge in [0.05, 0.1) is 5.69 Å². The molecule has 0 amide bonds. The van der Waals surface area contributed by atoms with Crippen molar-refractivity contribution >= 4 is 22.8 Å². The molecule has 0 bridgehead atoms.